The van der Waals surface area contributed by atoms with Crippen molar-refractivity contribution in [1.29, 1.82) is 0 Å². The molecule has 1 rings (SSSR count). The van der Waals surface area contributed by atoms with E-state index in [2.05, 4.69) is 58.9 Å². The standard InChI is InChI=1S/C13H21P.Pd/c1-6-14(13(3,4)5)12-9-7-8-11(2)10-12;/h7-10H,6H2,1-5H3;/p+1. The van der Waals surface area contributed by atoms with E-state index in [9.17, 15) is 0 Å². The van der Waals surface area contributed by atoms with Gasteiger partial charge >= 0.3 is 0 Å². The predicted molar refractivity (Wildman–Crippen MR) is 69.4 cm³/mol. The number of rotatable bonds is 2. The van der Waals surface area contributed by atoms with Gasteiger partial charge in [-0.15, -0.1) is 0 Å². The number of aryl methyl sites for hydroxylation is 1. The summed E-state index contributed by atoms with van der Waals surface area (Å²) < 4.78 is 0. The van der Waals surface area contributed by atoms with Gasteiger partial charge in [0, 0.05) is 28.3 Å². The van der Waals surface area contributed by atoms with Crippen LogP contribution in [0.4, 0.5) is 0 Å². The minimum absolute atomic E-state index is 0. The van der Waals surface area contributed by atoms with E-state index in [-0.39, 0.29) is 20.4 Å². The molecule has 0 aliphatic rings. The molecule has 0 nitrogen and oxygen atoms in total. The van der Waals surface area contributed by atoms with Crippen LogP contribution in [0.3, 0.4) is 0 Å². The van der Waals surface area contributed by atoms with Crippen molar-refractivity contribution in [1.82, 2.24) is 0 Å². The maximum absolute atomic E-state index is 2.37. The van der Waals surface area contributed by atoms with Gasteiger partial charge in [0.2, 0.25) is 0 Å². The van der Waals surface area contributed by atoms with Gasteiger partial charge in [-0.3, -0.25) is 0 Å². The molecule has 15 heavy (non-hydrogen) atoms. The van der Waals surface area contributed by atoms with E-state index in [0.29, 0.717) is 5.16 Å². The van der Waals surface area contributed by atoms with E-state index in [1.807, 2.05) is 0 Å². The van der Waals surface area contributed by atoms with Gasteiger partial charge in [-0.25, -0.2) is 0 Å². The summed E-state index contributed by atoms with van der Waals surface area (Å²) in [6.45, 7) is 11.6. The largest absolute Gasteiger partial charge is 0.0922 e. The summed E-state index contributed by atoms with van der Waals surface area (Å²) in [7, 11) is -0.399. The van der Waals surface area contributed by atoms with Gasteiger partial charge < -0.3 is 0 Å². The third-order valence-corrected chi connectivity index (χ3v) is 6.15. The minimum atomic E-state index is -0.399. The van der Waals surface area contributed by atoms with E-state index in [1.54, 1.807) is 5.30 Å². The average Bonchev–Trinajstić information content (AvgIpc) is 2.02. The van der Waals surface area contributed by atoms with E-state index >= 15 is 0 Å². The molecule has 0 saturated heterocycles. The molecule has 1 aromatic rings. The van der Waals surface area contributed by atoms with E-state index in [1.165, 1.54) is 11.7 Å². The Hall–Kier alpha value is 0.312. The van der Waals surface area contributed by atoms with Crippen molar-refractivity contribution in [2.45, 2.75) is 39.8 Å². The fraction of sp³-hybridized carbons (Fsp3) is 0.538. The molecule has 1 unspecified atom stereocenters. The normalized spacial score (nSPS) is 13.1. The first-order valence-electron chi connectivity index (χ1n) is 5.38. The summed E-state index contributed by atoms with van der Waals surface area (Å²) in [5.74, 6) is 0. The Morgan fingerprint density at radius 2 is 1.80 bits per heavy atom. The van der Waals surface area contributed by atoms with Crippen molar-refractivity contribution in [2.24, 2.45) is 0 Å². The van der Waals surface area contributed by atoms with Crippen LogP contribution in [0, 0.1) is 6.92 Å². The zero-order valence-electron chi connectivity index (χ0n) is 10.3. The molecule has 0 aliphatic heterocycles. The van der Waals surface area contributed by atoms with Crippen LogP contribution in [0.25, 0.3) is 0 Å². The van der Waals surface area contributed by atoms with Gasteiger partial charge in [-0.1, -0.05) is 12.1 Å². The first-order valence-corrected chi connectivity index (χ1v) is 7.09. The van der Waals surface area contributed by atoms with Gasteiger partial charge in [-0.2, -0.15) is 0 Å². The molecule has 0 spiro atoms. The molecular formula is C13H22PPd+. The van der Waals surface area contributed by atoms with Crippen LogP contribution in [0.15, 0.2) is 24.3 Å². The molecule has 0 aromatic heterocycles. The van der Waals surface area contributed by atoms with Crippen LogP contribution < -0.4 is 5.30 Å². The summed E-state index contributed by atoms with van der Waals surface area (Å²) in [6.07, 6.45) is 1.32. The van der Waals surface area contributed by atoms with Crippen LogP contribution in [-0.4, -0.2) is 11.3 Å². The van der Waals surface area contributed by atoms with Crippen LogP contribution in [0.5, 0.6) is 0 Å². The first kappa shape index (κ1) is 15.3. The van der Waals surface area contributed by atoms with Crippen molar-refractivity contribution in [2.75, 3.05) is 6.16 Å². The van der Waals surface area contributed by atoms with Gasteiger partial charge in [0.05, 0.1) is 16.6 Å². The third kappa shape index (κ3) is 4.36. The summed E-state index contributed by atoms with van der Waals surface area (Å²) in [5.41, 5.74) is 1.39. The minimum Gasteiger partial charge on any atom is -0.0590 e. The monoisotopic (exact) mass is 315 g/mol. The average molecular weight is 316 g/mol. The first-order chi connectivity index (χ1) is 6.45. The summed E-state index contributed by atoms with van der Waals surface area (Å²) in [4.78, 5) is 0. The van der Waals surface area contributed by atoms with E-state index in [4.69, 9.17) is 0 Å². The maximum atomic E-state index is 2.37. The second-order valence-electron chi connectivity index (χ2n) is 4.95. The zero-order valence-corrected chi connectivity index (χ0v) is 12.9. The molecule has 0 fully saturated rings. The SMILES string of the molecule is CC[PH+](c1cccc(C)c1)C(C)(C)C.[Pd]. The molecule has 1 atom stereocenters. The van der Waals surface area contributed by atoms with Crippen LogP contribution in [0.2, 0.25) is 0 Å². The topological polar surface area (TPSA) is 0 Å². The number of hydrogen-bond acceptors (Lipinski definition) is 0. The smallest absolute Gasteiger partial charge is 0.0590 e. The Bertz CT molecular complexity index is 302. The molecule has 2 heteroatoms. The van der Waals surface area contributed by atoms with Gasteiger partial charge in [0.15, 0.2) is 0 Å². The van der Waals surface area contributed by atoms with Crippen molar-refractivity contribution < 1.29 is 20.4 Å². The van der Waals surface area contributed by atoms with Crippen molar-refractivity contribution in [3.05, 3.63) is 29.8 Å². The second-order valence-corrected chi connectivity index (χ2v) is 8.69. The Kier molecular flexibility index (Phi) is 6.28. The van der Waals surface area contributed by atoms with Gasteiger partial charge in [0.1, 0.15) is 0 Å². The zero-order chi connectivity index (χ0) is 10.8. The van der Waals surface area contributed by atoms with Gasteiger partial charge in [0.25, 0.3) is 0 Å². The fourth-order valence-corrected chi connectivity index (χ4v) is 5.03. The Morgan fingerprint density at radius 3 is 2.20 bits per heavy atom. The molecule has 0 heterocycles. The summed E-state index contributed by atoms with van der Waals surface area (Å²) >= 11 is 0. The van der Waals surface area contributed by atoms with Crippen molar-refractivity contribution in [3.63, 3.8) is 0 Å². The van der Waals surface area contributed by atoms with E-state index < -0.39 is 7.92 Å². The van der Waals surface area contributed by atoms with Crippen LogP contribution in [-0.2, 0) is 20.4 Å². The second kappa shape index (κ2) is 6.15. The number of hydrogen-bond donors (Lipinski definition) is 0. The fourth-order valence-electron chi connectivity index (χ4n) is 2.00. The molecule has 0 N–H and O–H groups in total. The molecule has 0 radical (unpaired) electrons. The summed E-state index contributed by atoms with van der Waals surface area (Å²) in [6, 6.07) is 9.04. The number of benzene rings is 1. The third-order valence-electron chi connectivity index (χ3n) is 2.63. The Labute approximate surface area is 109 Å². The molecule has 0 bridgehead atoms. The van der Waals surface area contributed by atoms with Crippen LogP contribution in [0.1, 0.15) is 33.3 Å². The van der Waals surface area contributed by atoms with Gasteiger partial charge in [-0.05, 0) is 52.3 Å². The predicted octanol–water partition coefficient (Wildman–Crippen LogP) is 3.65. The summed E-state index contributed by atoms with van der Waals surface area (Å²) in [5, 5.41) is 2.05. The maximum Gasteiger partial charge on any atom is 0.0922 e. The van der Waals surface area contributed by atoms with Crippen molar-refractivity contribution in [3.8, 4) is 0 Å². The molecule has 1 aromatic carbocycles. The Morgan fingerprint density at radius 1 is 1.20 bits per heavy atom. The van der Waals surface area contributed by atoms with E-state index in [0.717, 1.165) is 0 Å². The molecular weight excluding hydrogens is 294 g/mol. The quantitative estimate of drug-likeness (QED) is 0.577. The Balaban J connectivity index is 0.00000196. The molecule has 88 valence electrons. The van der Waals surface area contributed by atoms with Crippen LogP contribution >= 0.6 is 7.92 Å². The molecule has 0 aliphatic carbocycles. The van der Waals surface area contributed by atoms with Crippen molar-refractivity contribution >= 4 is 13.2 Å². The molecule has 0 saturated carbocycles. The molecule has 0 amide bonds.